The number of carbonyl (C=O) groups is 1. The molecule has 106 valence electrons. The number of amides is 1. The smallest absolute Gasteiger partial charge is 0.254 e. The molecule has 1 N–H and O–H groups in total. The van der Waals surface area contributed by atoms with E-state index < -0.39 is 11.7 Å². The van der Waals surface area contributed by atoms with Crippen LogP contribution in [0.15, 0.2) is 18.2 Å². The van der Waals surface area contributed by atoms with E-state index in [0.717, 1.165) is 18.9 Å². The Hall–Kier alpha value is -0.800. The molecule has 0 heterocycles. The lowest BCUT2D eigenvalue weighted by molar-refractivity contribution is 0.0928. The molecule has 0 aliphatic rings. The van der Waals surface area contributed by atoms with Gasteiger partial charge in [-0.1, -0.05) is 25.4 Å². The molecule has 19 heavy (non-hydrogen) atoms. The van der Waals surface area contributed by atoms with Crippen LogP contribution in [-0.4, -0.2) is 18.3 Å². The SMILES string of the molecule is CCC(CC)(CCl)CNC(=O)c1ccc(Cl)cc1F. The first-order valence-corrected chi connectivity index (χ1v) is 7.18. The number of carbonyl (C=O) groups excluding carboxylic acids is 1. The van der Waals surface area contributed by atoms with Gasteiger partial charge in [0.15, 0.2) is 0 Å². The molecule has 0 saturated carbocycles. The third-order valence-electron chi connectivity index (χ3n) is 3.58. The summed E-state index contributed by atoms with van der Waals surface area (Å²) in [6, 6.07) is 4.01. The van der Waals surface area contributed by atoms with Gasteiger partial charge in [0.05, 0.1) is 5.56 Å². The van der Waals surface area contributed by atoms with Crippen molar-refractivity contribution in [1.29, 1.82) is 0 Å². The van der Waals surface area contributed by atoms with Gasteiger partial charge in [0.25, 0.3) is 5.91 Å². The first-order valence-electron chi connectivity index (χ1n) is 6.27. The zero-order valence-electron chi connectivity index (χ0n) is 11.1. The fourth-order valence-electron chi connectivity index (χ4n) is 1.77. The molecule has 0 bridgehead atoms. The fourth-order valence-corrected chi connectivity index (χ4v) is 2.40. The summed E-state index contributed by atoms with van der Waals surface area (Å²) in [5, 5.41) is 3.02. The van der Waals surface area contributed by atoms with Crippen LogP contribution in [-0.2, 0) is 0 Å². The second-order valence-corrected chi connectivity index (χ2v) is 5.35. The van der Waals surface area contributed by atoms with E-state index in [9.17, 15) is 9.18 Å². The van der Waals surface area contributed by atoms with Crippen LogP contribution in [0.2, 0.25) is 5.02 Å². The van der Waals surface area contributed by atoms with Crippen molar-refractivity contribution >= 4 is 29.1 Å². The molecule has 0 saturated heterocycles. The van der Waals surface area contributed by atoms with Gasteiger partial charge in [-0.15, -0.1) is 11.6 Å². The van der Waals surface area contributed by atoms with Crippen molar-refractivity contribution in [2.45, 2.75) is 26.7 Å². The summed E-state index contributed by atoms with van der Waals surface area (Å²) in [5.41, 5.74) is -0.139. The summed E-state index contributed by atoms with van der Waals surface area (Å²) in [6.45, 7) is 4.49. The van der Waals surface area contributed by atoms with Gasteiger partial charge < -0.3 is 5.32 Å². The van der Waals surface area contributed by atoms with Crippen LogP contribution in [0, 0.1) is 11.2 Å². The van der Waals surface area contributed by atoms with E-state index in [0.29, 0.717) is 12.4 Å². The van der Waals surface area contributed by atoms with Gasteiger partial charge in [-0.2, -0.15) is 0 Å². The maximum atomic E-state index is 13.6. The van der Waals surface area contributed by atoms with E-state index in [2.05, 4.69) is 5.32 Å². The van der Waals surface area contributed by atoms with Gasteiger partial charge in [-0.3, -0.25) is 4.79 Å². The fraction of sp³-hybridized carbons (Fsp3) is 0.500. The van der Waals surface area contributed by atoms with Crippen molar-refractivity contribution in [3.63, 3.8) is 0 Å². The largest absolute Gasteiger partial charge is 0.351 e. The van der Waals surface area contributed by atoms with Gasteiger partial charge in [0.2, 0.25) is 0 Å². The minimum absolute atomic E-state index is 0.0000728. The van der Waals surface area contributed by atoms with Crippen molar-refractivity contribution in [3.8, 4) is 0 Å². The second kappa shape index (κ2) is 7.11. The van der Waals surface area contributed by atoms with Crippen molar-refractivity contribution < 1.29 is 9.18 Å². The molecule has 0 radical (unpaired) electrons. The van der Waals surface area contributed by atoms with E-state index in [1.807, 2.05) is 13.8 Å². The van der Waals surface area contributed by atoms with Gasteiger partial charge >= 0.3 is 0 Å². The van der Waals surface area contributed by atoms with Gasteiger partial charge in [0, 0.05) is 22.9 Å². The van der Waals surface area contributed by atoms with Crippen molar-refractivity contribution in [3.05, 3.63) is 34.6 Å². The monoisotopic (exact) mass is 305 g/mol. The highest BCUT2D eigenvalue weighted by molar-refractivity contribution is 6.30. The van der Waals surface area contributed by atoms with Crippen LogP contribution in [0.25, 0.3) is 0 Å². The molecular formula is C14H18Cl2FNO. The van der Waals surface area contributed by atoms with Crippen LogP contribution >= 0.6 is 23.2 Å². The number of alkyl halides is 1. The Kier molecular flexibility index (Phi) is 6.08. The predicted molar refractivity (Wildman–Crippen MR) is 77.5 cm³/mol. The van der Waals surface area contributed by atoms with E-state index in [1.165, 1.54) is 12.1 Å². The third kappa shape index (κ3) is 4.08. The standard InChI is InChI=1S/C14H18Cl2FNO/c1-3-14(4-2,8-15)9-18-13(19)11-6-5-10(16)7-12(11)17/h5-7H,3-4,8-9H2,1-2H3,(H,18,19). The molecule has 2 nitrogen and oxygen atoms in total. The normalized spacial score (nSPS) is 11.4. The maximum Gasteiger partial charge on any atom is 0.254 e. The number of benzene rings is 1. The molecule has 0 unspecified atom stereocenters. The molecule has 0 aliphatic carbocycles. The summed E-state index contributed by atoms with van der Waals surface area (Å²) in [6.07, 6.45) is 1.72. The molecule has 0 atom stereocenters. The van der Waals surface area contributed by atoms with Crippen molar-refractivity contribution in [1.82, 2.24) is 5.32 Å². The second-order valence-electron chi connectivity index (χ2n) is 4.65. The topological polar surface area (TPSA) is 29.1 Å². The Morgan fingerprint density at radius 3 is 2.47 bits per heavy atom. The van der Waals surface area contributed by atoms with E-state index in [4.69, 9.17) is 23.2 Å². The lowest BCUT2D eigenvalue weighted by atomic mass is 9.84. The zero-order chi connectivity index (χ0) is 14.5. The van der Waals surface area contributed by atoms with E-state index in [-0.39, 0.29) is 16.0 Å². The molecule has 5 heteroatoms. The first-order chi connectivity index (χ1) is 8.98. The highest BCUT2D eigenvalue weighted by Gasteiger charge is 2.26. The molecule has 0 spiro atoms. The van der Waals surface area contributed by atoms with Gasteiger partial charge in [-0.05, 0) is 31.0 Å². The Morgan fingerprint density at radius 2 is 2.00 bits per heavy atom. The summed E-state index contributed by atoms with van der Waals surface area (Å²) in [5.74, 6) is -0.594. The summed E-state index contributed by atoms with van der Waals surface area (Å²) < 4.78 is 13.6. The van der Waals surface area contributed by atoms with Gasteiger partial charge in [-0.25, -0.2) is 4.39 Å². The minimum atomic E-state index is -0.616. The Labute approximate surface area is 123 Å². The molecule has 1 rings (SSSR count). The molecule has 0 aromatic heterocycles. The maximum absolute atomic E-state index is 13.6. The summed E-state index contributed by atoms with van der Waals surface area (Å²) in [7, 11) is 0. The van der Waals surface area contributed by atoms with Crippen molar-refractivity contribution in [2.75, 3.05) is 12.4 Å². The first kappa shape index (κ1) is 16.3. The third-order valence-corrected chi connectivity index (χ3v) is 4.39. The number of halogens is 3. The molecule has 1 aromatic carbocycles. The average Bonchev–Trinajstić information content (AvgIpc) is 2.40. The summed E-state index contributed by atoms with van der Waals surface area (Å²) >= 11 is 11.6. The number of rotatable bonds is 6. The van der Waals surface area contributed by atoms with Crippen LogP contribution in [0.1, 0.15) is 37.0 Å². The Balaban J connectivity index is 2.75. The molecule has 1 aromatic rings. The molecule has 0 fully saturated rings. The molecule has 0 aliphatic heterocycles. The van der Waals surface area contributed by atoms with Crippen LogP contribution in [0.3, 0.4) is 0 Å². The average molecular weight is 306 g/mol. The van der Waals surface area contributed by atoms with E-state index >= 15 is 0 Å². The molecule has 1 amide bonds. The Bertz CT molecular complexity index is 439. The zero-order valence-corrected chi connectivity index (χ0v) is 12.6. The van der Waals surface area contributed by atoms with E-state index in [1.54, 1.807) is 0 Å². The predicted octanol–water partition coefficient (Wildman–Crippen LogP) is 4.25. The summed E-state index contributed by atoms with van der Waals surface area (Å²) in [4.78, 5) is 11.9. The quantitative estimate of drug-likeness (QED) is 0.782. The van der Waals surface area contributed by atoms with Crippen molar-refractivity contribution in [2.24, 2.45) is 5.41 Å². The molecular weight excluding hydrogens is 288 g/mol. The highest BCUT2D eigenvalue weighted by Crippen LogP contribution is 2.27. The lowest BCUT2D eigenvalue weighted by Gasteiger charge is -2.29. The van der Waals surface area contributed by atoms with Gasteiger partial charge in [0.1, 0.15) is 5.82 Å². The minimum Gasteiger partial charge on any atom is -0.351 e. The number of nitrogens with one attached hydrogen (secondary N) is 1. The Morgan fingerprint density at radius 1 is 1.37 bits per heavy atom. The van der Waals surface area contributed by atoms with Crippen LogP contribution < -0.4 is 5.32 Å². The number of hydrogen-bond acceptors (Lipinski definition) is 1. The lowest BCUT2D eigenvalue weighted by Crippen LogP contribution is -2.38. The van der Waals surface area contributed by atoms with Crippen LogP contribution in [0.4, 0.5) is 4.39 Å². The van der Waals surface area contributed by atoms with Crippen LogP contribution in [0.5, 0.6) is 0 Å². The highest BCUT2D eigenvalue weighted by atomic mass is 35.5. The number of hydrogen-bond donors (Lipinski definition) is 1.